The van der Waals surface area contributed by atoms with Gasteiger partial charge in [0.05, 0.1) is 4.90 Å². The van der Waals surface area contributed by atoms with Crippen molar-refractivity contribution in [2.24, 2.45) is 0 Å². The van der Waals surface area contributed by atoms with Gasteiger partial charge in [0.1, 0.15) is 5.82 Å². The van der Waals surface area contributed by atoms with Gasteiger partial charge in [0.15, 0.2) is 0 Å². The van der Waals surface area contributed by atoms with Gasteiger partial charge in [-0.2, -0.15) is 0 Å². The van der Waals surface area contributed by atoms with Crippen molar-refractivity contribution in [3.8, 4) is 0 Å². The summed E-state index contributed by atoms with van der Waals surface area (Å²) in [7, 11) is -3.55. The van der Waals surface area contributed by atoms with Crippen LogP contribution in [-0.2, 0) is 10.0 Å². The highest BCUT2D eigenvalue weighted by Crippen LogP contribution is 2.19. The molecule has 0 fully saturated rings. The lowest BCUT2D eigenvalue weighted by Crippen LogP contribution is -2.12. The molecule has 0 atom stereocenters. The monoisotopic (exact) mass is 261 g/mol. The predicted molar refractivity (Wildman–Crippen MR) is 69.9 cm³/mol. The van der Waals surface area contributed by atoms with Crippen LogP contribution >= 0.6 is 0 Å². The molecule has 0 saturated carbocycles. The SMILES string of the molecule is O=S(=O)(Nc1ccc[nH]1)c1ccc2cc[nH]c2c1. The van der Waals surface area contributed by atoms with Gasteiger partial charge < -0.3 is 9.97 Å². The molecule has 0 spiro atoms. The fourth-order valence-electron chi connectivity index (χ4n) is 1.79. The molecule has 0 unspecified atom stereocenters. The standard InChI is InChI=1S/C12H11N3O2S/c16-18(17,15-12-2-1-6-14-12)10-4-3-9-5-7-13-11(9)8-10/h1-8,13-15H. The van der Waals surface area contributed by atoms with Crippen LogP contribution in [-0.4, -0.2) is 18.4 Å². The van der Waals surface area contributed by atoms with E-state index in [1.54, 1.807) is 42.7 Å². The molecule has 2 aromatic heterocycles. The molecule has 0 bridgehead atoms. The fraction of sp³-hybridized carbons (Fsp3) is 0. The normalized spacial score (nSPS) is 11.8. The van der Waals surface area contributed by atoms with Gasteiger partial charge in [-0.1, -0.05) is 6.07 Å². The van der Waals surface area contributed by atoms with E-state index in [9.17, 15) is 8.42 Å². The molecule has 0 aliphatic heterocycles. The Morgan fingerprint density at radius 2 is 1.89 bits per heavy atom. The topological polar surface area (TPSA) is 77.8 Å². The van der Waals surface area contributed by atoms with Crippen LogP contribution in [0.5, 0.6) is 0 Å². The van der Waals surface area contributed by atoms with Crippen molar-refractivity contribution in [1.82, 2.24) is 9.97 Å². The minimum Gasteiger partial charge on any atom is -0.361 e. The smallest absolute Gasteiger partial charge is 0.263 e. The highest BCUT2D eigenvalue weighted by atomic mass is 32.2. The molecule has 6 heteroatoms. The number of aromatic nitrogens is 2. The first-order valence-corrected chi connectivity index (χ1v) is 6.87. The van der Waals surface area contributed by atoms with Crippen LogP contribution in [0.1, 0.15) is 0 Å². The third-order valence-corrected chi connectivity index (χ3v) is 4.04. The summed E-state index contributed by atoms with van der Waals surface area (Å²) in [6.07, 6.45) is 3.44. The van der Waals surface area contributed by atoms with Gasteiger partial charge in [-0.3, -0.25) is 4.72 Å². The Bertz CT molecular complexity index is 773. The number of benzene rings is 1. The minimum absolute atomic E-state index is 0.229. The summed E-state index contributed by atoms with van der Waals surface area (Å²) in [5.74, 6) is 0.446. The van der Waals surface area contributed by atoms with Gasteiger partial charge in [0.25, 0.3) is 10.0 Å². The third kappa shape index (κ3) is 1.86. The van der Waals surface area contributed by atoms with Crippen LogP contribution in [0.2, 0.25) is 0 Å². The average Bonchev–Trinajstić information content (AvgIpc) is 2.97. The first-order chi connectivity index (χ1) is 8.65. The number of fused-ring (bicyclic) bond motifs is 1. The first kappa shape index (κ1) is 10.9. The van der Waals surface area contributed by atoms with E-state index < -0.39 is 10.0 Å². The lowest BCUT2D eigenvalue weighted by molar-refractivity contribution is 0.601. The van der Waals surface area contributed by atoms with E-state index in [4.69, 9.17) is 0 Å². The Morgan fingerprint density at radius 1 is 1.00 bits per heavy atom. The molecule has 0 aliphatic rings. The molecule has 0 radical (unpaired) electrons. The van der Waals surface area contributed by atoms with Gasteiger partial charge in [0, 0.05) is 17.9 Å². The van der Waals surface area contributed by atoms with E-state index in [1.165, 1.54) is 0 Å². The predicted octanol–water partition coefficient (Wildman–Crippen LogP) is 2.30. The number of hydrogen-bond donors (Lipinski definition) is 3. The lowest BCUT2D eigenvalue weighted by Gasteiger charge is -2.06. The maximum Gasteiger partial charge on any atom is 0.263 e. The Labute approximate surface area is 104 Å². The second kappa shape index (κ2) is 3.92. The minimum atomic E-state index is -3.55. The summed E-state index contributed by atoms with van der Waals surface area (Å²) in [6, 6.07) is 10.2. The van der Waals surface area contributed by atoms with Crippen molar-refractivity contribution in [2.45, 2.75) is 4.90 Å². The Balaban J connectivity index is 2.02. The van der Waals surface area contributed by atoms with E-state index in [1.807, 2.05) is 6.07 Å². The van der Waals surface area contributed by atoms with E-state index >= 15 is 0 Å². The zero-order chi connectivity index (χ0) is 12.6. The molecule has 18 heavy (non-hydrogen) atoms. The quantitative estimate of drug-likeness (QED) is 0.676. The summed E-state index contributed by atoms with van der Waals surface area (Å²) in [5, 5.41) is 0.980. The number of anilines is 1. The number of hydrogen-bond acceptors (Lipinski definition) is 2. The fourth-order valence-corrected chi connectivity index (χ4v) is 2.85. The molecule has 1 aromatic carbocycles. The molecular weight excluding hydrogens is 250 g/mol. The Morgan fingerprint density at radius 3 is 2.67 bits per heavy atom. The van der Waals surface area contributed by atoms with Crippen LogP contribution in [0.3, 0.4) is 0 Å². The maximum absolute atomic E-state index is 12.1. The number of H-pyrrole nitrogens is 2. The average molecular weight is 261 g/mol. The van der Waals surface area contributed by atoms with E-state index in [-0.39, 0.29) is 4.90 Å². The van der Waals surface area contributed by atoms with E-state index in [0.29, 0.717) is 5.82 Å². The molecule has 0 aliphatic carbocycles. The van der Waals surface area contributed by atoms with E-state index in [2.05, 4.69) is 14.7 Å². The highest BCUT2D eigenvalue weighted by Gasteiger charge is 2.15. The summed E-state index contributed by atoms with van der Waals surface area (Å²) >= 11 is 0. The second-order valence-corrected chi connectivity index (χ2v) is 5.60. The van der Waals surface area contributed by atoms with Gasteiger partial charge in [0.2, 0.25) is 0 Å². The lowest BCUT2D eigenvalue weighted by atomic mass is 10.2. The Kier molecular flexibility index (Phi) is 2.38. The zero-order valence-electron chi connectivity index (χ0n) is 9.34. The number of sulfonamides is 1. The van der Waals surface area contributed by atoms with Crippen molar-refractivity contribution in [2.75, 3.05) is 4.72 Å². The molecule has 92 valence electrons. The molecular formula is C12H11N3O2S. The van der Waals surface area contributed by atoms with Gasteiger partial charge in [-0.25, -0.2) is 8.42 Å². The first-order valence-electron chi connectivity index (χ1n) is 5.38. The van der Waals surface area contributed by atoms with Crippen molar-refractivity contribution < 1.29 is 8.42 Å². The van der Waals surface area contributed by atoms with Crippen LogP contribution < -0.4 is 4.72 Å². The molecule has 0 amide bonds. The summed E-state index contributed by atoms with van der Waals surface area (Å²) in [5.41, 5.74) is 0.796. The van der Waals surface area contributed by atoms with E-state index in [0.717, 1.165) is 10.9 Å². The second-order valence-electron chi connectivity index (χ2n) is 3.92. The van der Waals surface area contributed by atoms with Gasteiger partial charge in [-0.15, -0.1) is 0 Å². The van der Waals surface area contributed by atoms with Crippen molar-refractivity contribution in [1.29, 1.82) is 0 Å². The molecule has 0 saturated heterocycles. The van der Waals surface area contributed by atoms with Crippen LogP contribution in [0, 0.1) is 0 Å². The molecule has 3 aromatic rings. The third-order valence-electron chi connectivity index (χ3n) is 2.68. The molecule has 3 N–H and O–H groups in total. The molecule has 5 nitrogen and oxygen atoms in total. The van der Waals surface area contributed by atoms with Gasteiger partial charge >= 0.3 is 0 Å². The van der Waals surface area contributed by atoms with Crippen LogP contribution in [0.15, 0.2) is 53.7 Å². The van der Waals surface area contributed by atoms with Crippen LogP contribution in [0.25, 0.3) is 10.9 Å². The number of nitrogens with one attached hydrogen (secondary N) is 3. The highest BCUT2D eigenvalue weighted by molar-refractivity contribution is 7.92. The van der Waals surface area contributed by atoms with Crippen molar-refractivity contribution >= 4 is 26.7 Å². The summed E-state index contributed by atoms with van der Waals surface area (Å²) in [6.45, 7) is 0. The largest absolute Gasteiger partial charge is 0.361 e. The number of rotatable bonds is 3. The Hall–Kier alpha value is -2.21. The zero-order valence-corrected chi connectivity index (χ0v) is 10.2. The summed E-state index contributed by atoms with van der Waals surface area (Å²) < 4.78 is 26.7. The summed E-state index contributed by atoms with van der Waals surface area (Å²) in [4.78, 5) is 6.02. The molecule has 2 heterocycles. The van der Waals surface area contributed by atoms with Gasteiger partial charge in [-0.05, 0) is 35.7 Å². The maximum atomic E-state index is 12.1. The van der Waals surface area contributed by atoms with Crippen molar-refractivity contribution in [3.63, 3.8) is 0 Å². The van der Waals surface area contributed by atoms with Crippen LogP contribution in [0.4, 0.5) is 5.82 Å². The molecule has 3 rings (SSSR count). The number of aromatic amines is 2. The van der Waals surface area contributed by atoms with Crippen molar-refractivity contribution in [3.05, 3.63) is 48.8 Å².